The number of hydrogen-bond acceptors (Lipinski definition) is 3. The largest absolute Gasteiger partial charge is 0.491 e. The summed E-state index contributed by atoms with van der Waals surface area (Å²) in [6, 6.07) is 13.1. The third-order valence-corrected chi connectivity index (χ3v) is 4.10. The first kappa shape index (κ1) is 18.9. The summed E-state index contributed by atoms with van der Waals surface area (Å²) in [7, 11) is 0. The number of hydrogen-bond donors (Lipinski definition) is 2. The molecule has 0 aliphatic heterocycles. The van der Waals surface area contributed by atoms with Crippen molar-refractivity contribution in [3.05, 3.63) is 59.2 Å². The van der Waals surface area contributed by atoms with Crippen LogP contribution in [0.15, 0.2) is 42.5 Å². The number of thiocarbonyl (C=S) groups is 1. The second kappa shape index (κ2) is 8.62. The fourth-order valence-electron chi connectivity index (χ4n) is 2.20. The van der Waals surface area contributed by atoms with Gasteiger partial charge < -0.3 is 10.1 Å². The predicted molar refractivity (Wildman–Crippen MR) is 106 cm³/mol. The van der Waals surface area contributed by atoms with Gasteiger partial charge in [-0.3, -0.25) is 10.1 Å². The molecule has 0 bridgehead atoms. The van der Waals surface area contributed by atoms with Gasteiger partial charge in [0, 0.05) is 11.3 Å². The first-order valence-electron chi connectivity index (χ1n) is 8.35. The third-order valence-electron chi connectivity index (χ3n) is 3.90. The third kappa shape index (κ3) is 5.57. The van der Waals surface area contributed by atoms with Gasteiger partial charge in [-0.2, -0.15) is 0 Å². The SMILES string of the molecule is CCC(C)Oc1ccc(C(=O)NC(=S)Nc2cc(C)ccc2C)cc1. The van der Waals surface area contributed by atoms with Gasteiger partial charge in [0.2, 0.25) is 0 Å². The van der Waals surface area contributed by atoms with E-state index in [1.807, 2.05) is 39.0 Å². The minimum atomic E-state index is -0.252. The van der Waals surface area contributed by atoms with Gasteiger partial charge in [-0.15, -0.1) is 0 Å². The molecule has 0 aromatic heterocycles. The molecule has 0 heterocycles. The molecule has 0 aliphatic rings. The van der Waals surface area contributed by atoms with Gasteiger partial charge in [-0.25, -0.2) is 0 Å². The molecule has 25 heavy (non-hydrogen) atoms. The van der Waals surface area contributed by atoms with Crippen LogP contribution >= 0.6 is 12.2 Å². The van der Waals surface area contributed by atoms with Crippen molar-refractivity contribution in [3.63, 3.8) is 0 Å². The van der Waals surface area contributed by atoms with E-state index in [1.54, 1.807) is 24.3 Å². The molecule has 132 valence electrons. The fraction of sp³-hybridized carbons (Fsp3) is 0.300. The van der Waals surface area contributed by atoms with Crippen molar-refractivity contribution < 1.29 is 9.53 Å². The fourth-order valence-corrected chi connectivity index (χ4v) is 2.40. The summed E-state index contributed by atoms with van der Waals surface area (Å²) in [5.74, 6) is 0.500. The Kier molecular flexibility index (Phi) is 6.53. The van der Waals surface area contributed by atoms with E-state index in [0.29, 0.717) is 5.56 Å². The first-order valence-corrected chi connectivity index (χ1v) is 8.76. The number of anilines is 1. The highest BCUT2D eigenvalue weighted by atomic mass is 32.1. The van der Waals surface area contributed by atoms with E-state index in [4.69, 9.17) is 17.0 Å². The van der Waals surface area contributed by atoms with Crippen LogP contribution in [-0.4, -0.2) is 17.1 Å². The highest BCUT2D eigenvalue weighted by Gasteiger charge is 2.10. The second-order valence-corrected chi connectivity index (χ2v) is 6.50. The summed E-state index contributed by atoms with van der Waals surface area (Å²) < 4.78 is 5.71. The van der Waals surface area contributed by atoms with Crippen LogP contribution in [-0.2, 0) is 0 Å². The summed E-state index contributed by atoms with van der Waals surface area (Å²) in [5, 5.41) is 6.05. The topological polar surface area (TPSA) is 50.4 Å². The quantitative estimate of drug-likeness (QED) is 0.768. The van der Waals surface area contributed by atoms with Crippen LogP contribution < -0.4 is 15.4 Å². The number of aryl methyl sites for hydroxylation is 2. The number of nitrogens with one attached hydrogen (secondary N) is 2. The molecule has 0 radical (unpaired) electrons. The maximum atomic E-state index is 12.3. The van der Waals surface area contributed by atoms with Gasteiger partial charge >= 0.3 is 0 Å². The molecule has 0 saturated heterocycles. The lowest BCUT2D eigenvalue weighted by Gasteiger charge is -2.14. The molecule has 0 aliphatic carbocycles. The Labute approximate surface area is 154 Å². The Morgan fingerprint density at radius 3 is 2.48 bits per heavy atom. The van der Waals surface area contributed by atoms with Gasteiger partial charge in [-0.1, -0.05) is 19.1 Å². The van der Waals surface area contributed by atoms with E-state index in [1.165, 1.54) is 0 Å². The molecule has 0 fully saturated rings. The molecule has 4 nitrogen and oxygen atoms in total. The van der Waals surface area contributed by atoms with E-state index >= 15 is 0 Å². The van der Waals surface area contributed by atoms with E-state index in [0.717, 1.165) is 29.0 Å². The Morgan fingerprint density at radius 1 is 1.16 bits per heavy atom. The van der Waals surface area contributed by atoms with Gasteiger partial charge in [0.15, 0.2) is 5.11 Å². The Morgan fingerprint density at radius 2 is 1.84 bits per heavy atom. The maximum absolute atomic E-state index is 12.3. The number of rotatable bonds is 5. The predicted octanol–water partition coefficient (Wildman–Crippen LogP) is 4.61. The standard InChI is InChI=1S/C20H24N2O2S/c1-5-15(4)24-17-10-8-16(9-11-17)19(23)22-20(25)21-18-12-13(2)6-7-14(18)3/h6-12,15H,5H2,1-4H3,(H2,21,22,23,25). The number of benzene rings is 2. The van der Waals surface area contributed by atoms with Crippen molar-refractivity contribution >= 4 is 28.9 Å². The van der Waals surface area contributed by atoms with Crippen molar-refractivity contribution in [3.8, 4) is 5.75 Å². The first-order chi connectivity index (χ1) is 11.9. The molecule has 2 aromatic carbocycles. The minimum absolute atomic E-state index is 0.147. The van der Waals surface area contributed by atoms with E-state index in [2.05, 4.69) is 17.6 Å². The summed E-state index contributed by atoms with van der Waals surface area (Å²) in [4.78, 5) is 12.3. The molecule has 0 spiro atoms. The van der Waals surface area contributed by atoms with Crippen molar-refractivity contribution in [1.82, 2.24) is 5.32 Å². The Bertz CT molecular complexity index is 757. The molecule has 0 saturated carbocycles. The zero-order chi connectivity index (χ0) is 18.4. The lowest BCUT2D eigenvalue weighted by molar-refractivity contribution is 0.0977. The Balaban J connectivity index is 1.96. The monoisotopic (exact) mass is 356 g/mol. The van der Waals surface area contributed by atoms with Crippen molar-refractivity contribution in [2.75, 3.05) is 5.32 Å². The van der Waals surface area contributed by atoms with Crippen LogP contribution in [0.25, 0.3) is 0 Å². The lowest BCUT2D eigenvalue weighted by Crippen LogP contribution is -2.34. The summed E-state index contributed by atoms with van der Waals surface area (Å²) in [6.45, 7) is 8.08. The maximum Gasteiger partial charge on any atom is 0.257 e. The van der Waals surface area contributed by atoms with Crippen LogP contribution in [0, 0.1) is 13.8 Å². The summed E-state index contributed by atoms with van der Waals surface area (Å²) >= 11 is 5.25. The molecule has 1 atom stereocenters. The number of ether oxygens (including phenoxy) is 1. The van der Waals surface area contributed by atoms with Crippen LogP contribution in [0.2, 0.25) is 0 Å². The van der Waals surface area contributed by atoms with E-state index in [-0.39, 0.29) is 17.1 Å². The summed E-state index contributed by atoms with van der Waals surface area (Å²) in [6.07, 6.45) is 1.08. The lowest BCUT2D eigenvalue weighted by atomic mass is 10.1. The zero-order valence-electron chi connectivity index (χ0n) is 15.1. The highest BCUT2D eigenvalue weighted by Crippen LogP contribution is 2.17. The van der Waals surface area contributed by atoms with Crippen molar-refractivity contribution in [2.24, 2.45) is 0 Å². The van der Waals surface area contributed by atoms with Crippen molar-refractivity contribution in [1.29, 1.82) is 0 Å². The zero-order valence-corrected chi connectivity index (χ0v) is 15.9. The van der Waals surface area contributed by atoms with Gasteiger partial charge in [0.1, 0.15) is 5.75 Å². The summed E-state index contributed by atoms with van der Waals surface area (Å²) in [5.41, 5.74) is 3.61. The minimum Gasteiger partial charge on any atom is -0.491 e. The number of amides is 1. The molecule has 5 heteroatoms. The van der Waals surface area contributed by atoms with Gasteiger partial charge in [0.05, 0.1) is 6.10 Å². The van der Waals surface area contributed by atoms with Crippen molar-refractivity contribution in [2.45, 2.75) is 40.2 Å². The smallest absolute Gasteiger partial charge is 0.257 e. The van der Waals surface area contributed by atoms with Crippen LogP contribution in [0.3, 0.4) is 0 Å². The number of carbonyl (C=O) groups excluding carboxylic acids is 1. The molecular formula is C20H24N2O2S. The molecular weight excluding hydrogens is 332 g/mol. The van der Waals surface area contributed by atoms with E-state index in [9.17, 15) is 4.79 Å². The number of carbonyl (C=O) groups is 1. The second-order valence-electron chi connectivity index (χ2n) is 6.09. The normalized spacial score (nSPS) is 11.5. The molecule has 2 rings (SSSR count). The molecule has 2 aromatic rings. The highest BCUT2D eigenvalue weighted by molar-refractivity contribution is 7.80. The molecule has 2 N–H and O–H groups in total. The van der Waals surface area contributed by atoms with Crippen LogP contribution in [0.5, 0.6) is 5.75 Å². The molecule has 1 unspecified atom stereocenters. The van der Waals surface area contributed by atoms with Crippen LogP contribution in [0.1, 0.15) is 41.8 Å². The molecule has 1 amide bonds. The van der Waals surface area contributed by atoms with Gasteiger partial charge in [0.25, 0.3) is 5.91 Å². The average molecular weight is 356 g/mol. The average Bonchev–Trinajstić information content (AvgIpc) is 2.58. The van der Waals surface area contributed by atoms with Gasteiger partial charge in [-0.05, 0) is 80.9 Å². The van der Waals surface area contributed by atoms with E-state index < -0.39 is 0 Å². The Hall–Kier alpha value is -2.40. The van der Waals surface area contributed by atoms with Crippen LogP contribution in [0.4, 0.5) is 5.69 Å².